The standard InChI is InChI=1S/C12H16N2O/c1-11-6-5-9-15-14(11)12(10-13)7-3-2-4-8-12/h5-6H,1-4,7-9H2. The van der Waals surface area contributed by atoms with E-state index in [2.05, 4.69) is 12.6 Å². The molecular formula is C12H16N2O. The van der Waals surface area contributed by atoms with Crippen molar-refractivity contribution in [3.8, 4) is 6.07 Å². The number of hydrogen-bond donors (Lipinski definition) is 0. The van der Waals surface area contributed by atoms with Gasteiger partial charge in [-0.2, -0.15) is 5.26 Å². The number of rotatable bonds is 1. The first-order valence-electron chi connectivity index (χ1n) is 5.48. The molecule has 1 aliphatic carbocycles. The summed E-state index contributed by atoms with van der Waals surface area (Å²) in [6.45, 7) is 4.47. The van der Waals surface area contributed by atoms with E-state index in [0.717, 1.165) is 31.4 Å². The molecule has 0 atom stereocenters. The van der Waals surface area contributed by atoms with Crippen LogP contribution in [0.3, 0.4) is 0 Å². The van der Waals surface area contributed by atoms with Crippen molar-refractivity contribution in [1.29, 1.82) is 5.26 Å². The summed E-state index contributed by atoms with van der Waals surface area (Å²) < 4.78 is 0. The Morgan fingerprint density at radius 2 is 2.13 bits per heavy atom. The molecule has 0 bridgehead atoms. The zero-order valence-electron chi connectivity index (χ0n) is 8.91. The molecule has 2 aliphatic rings. The van der Waals surface area contributed by atoms with E-state index in [9.17, 15) is 5.26 Å². The van der Waals surface area contributed by atoms with E-state index in [1.54, 1.807) is 5.06 Å². The van der Waals surface area contributed by atoms with Crippen LogP contribution in [-0.2, 0) is 4.84 Å². The molecule has 80 valence electrons. The van der Waals surface area contributed by atoms with Crippen LogP contribution in [0.1, 0.15) is 32.1 Å². The smallest absolute Gasteiger partial charge is 0.153 e. The zero-order chi connectivity index (χ0) is 10.7. The molecule has 3 heteroatoms. The number of hydroxylamine groups is 2. The van der Waals surface area contributed by atoms with Gasteiger partial charge in [-0.25, -0.2) is 5.06 Å². The highest BCUT2D eigenvalue weighted by Gasteiger charge is 2.40. The van der Waals surface area contributed by atoms with Gasteiger partial charge in [-0.1, -0.05) is 19.1 Å². The average Bonchev–Trinajstić information content (AvgIpc) is 2.30. The molecule has 0 aromatic carbocycles. The average molecular weight is 204 g/mol. The Morgan fingerprint density at radius 1 is 1.40 bits per heavy atom. The van der Waals surface area contributed by atoms with Crippen molar-refractivity contribution in [2.75, 3.05) is 6.61 Å². The van der Waals surface area contributed by atoms with Gasteiger partial charge in [0.05, 0.1) is 18.4 Å². The van der Waals surface area contributed by atoms with E-state index in [1.165, 1.54) is 6.42 Å². The molecule has 1 saturated carbocycles. The van der Waals surface area contributed by atoms with Gasteiger partial charge in [-0.05, 0) is 31.8 Å². The molecule has 0 N–H and O–H groups in total. The second kappa shape index (κ2) is 4.08. The molecule has 1 heterocycles. The molecule has 0 amide bonds. The van der Waals surface area contributed by atoms with E-state index in [-0.39, 0.29) is 0 Å². The van der Waals surface area contributed by atoms with Crippen molar-refractivity contribution >= 4 is 0 Å². The first kappa shape index (κ1) is 10.3. The van der Waals surface area contributed by atoms with Crippen molar-refractivity contribution in [3.63, 3.8) is 0 Å². The first-order valence-corrected chi connectivity index (χ1v) is 5.48. The highest BCUT2D eigenvalue weighted by Crippen LogP contribution is 2.36. The fourth-order valence-electron chi connectivity index (χ4n) is 2.35. The lowest BCUT2D eigenvalue weighted by Crippen LogP contribution is -2.48. The number of nitriles is 1. The molecule has 0 saturated heterocycles. The minimum Gasteiger partial charge on any atom is -0.268 e. The summed E-state index contributed by atoms with van der Waals surface area (Å²) in [7, 11) is 0. The van der Waals surface area contributed by atoms with E-state index in [4.69, 9.17) is 4.84 Å². The van der Waals surface area contributed by atoms with Gasteiger partial charge in [-0.15, -0.1) is 0 Å². The normalized spacial score (nSPS) is 25.0. The van der Waals surface area contributed by atoms with Gasteiger partial charge in [0.15, 0.2) is 5.54 Å². The number of allylic oxidation sites excluding steroid dienone is 1. The molecule has 0 spiro atoms. The lowest BCUT2D eigenvalue weighted by molar-refractivity contribution is -0.180. The lowest BCUT2D eigenvalue weighted by Gasteiger charge is -2.42. The summed E-state index contributed by atoms with van der Waals surface area (Å²) in [5.74, 6) is 0. The van der Waals surface area contributed by atoms with Gasteiger partial charge in [0, 0.05) is 0 Å². The predicted octanol–water partition coefficient (Wildman–Crippen LogP) is 2.53. The second-order valence-corrected chi connectivity index (χ2v) is 4.19. The zero-order valence-corrected chi connectivity index (χ0v) is 8.91. The van der Waals surface area contributed by atoms with Crippen molar-refractivity contribution in [2.24, 2.45) is 0 Å². The third-order valence-electron chi connectivity index (χ3n) is 3.15. The quantitative estimate of drug-likeness (QED) is 0.658. The summed E-state index contributed by atoms with van der Waals surface area (Å²) in [5.41, 5.74) is 0.324. The van der Waals surface area contributed by atoms with Crippen LogP contribution in [0.15, 0.2) is 24.4 Å². The van der Waals surface area contributed by atoms with Crippen LogP contribution in [0.5, 0.6) is 0 Å². The Bertz CT molecular complexity index is 321. The topological polar surface area (TPSA) is 36.3 Å². The van der Waals surface area contributed by atoms with Gasteiger partial charge in [0.1, 0.15) is 0 Å². The van der Waals surface area contributed by atoms with Gasteiger partial charge in [0.2, 0.25) is 0 Å². The Labute approximate surface area is 90.6 Å². The molecule has 0 aromatic rings. The summed E-state index contributed by atoms with van der Waals surface area (Å²) in [6, 6.07) is 2.42. The van der Waals surface area contributed by atoms with Crippen molar-refractivity contribution in [2.45, 2.75) is 37.6 Å². The third kappa shape index (κ3) is 1.78. The fourth-order valence-corrected chi connectivity index (χ4v) is 2.35. The Kier molecular flexibility index (Phi) is 2.79. The molecule has 1 aliphatic heterocycles. The van der Waals surface area contributed by atoms with Crippen LogP contribution in [0.2, 0.25) is 0 Å². The minimum absolute atomic E-state index is 0.472. The van der Waals surface area contributed by atoms with Crippen LogP contribution in [0.4, 0.5) is 0 Å². The minimum atomic E-state index is -0.472. The SMILES string of the molecule is C=C1C=CCON1C1(C#N)CCCCC1. The van der Waals surface area contributed by atoms with Crippen molar-refractivity contribution in [1.82, 2.24) is 5.06 Å². The highest BCUT2D eigenvalue weighted by molar-refractivity contribution is 5.22. The second-order valence-electron chi connectivity index (χ2n) is 4.19. The van der Waals surface area contributed by atoms with Crippen LogP contribution in [0, 0.1) is 11.3 Å². The molecule has 15 heavy (non-hydrogen) atoms. The van der Waals surface area contributed by atoms with Crippen molar-refractivity contribution < 1.29 is 4.84 Å². The summed E-state index contributed by atoms with van der Waals surface area (Å²) >= 11 is 0. The lowest BCUT2D eigenvalue weighted by atomic mass is 9.82. The molecule has 1 fully saturated rings. The molecular weight excluding hydrogens is 188 g/mol. The van der Waals surface area contributed by atoms with Crippen LogP contribution in [0.25, 0.3) is 0 Å². The van der Waals surface area contributed by atoms with Crippen molar-refractivity contribution in [3.05, 3.63) is 24.4 Å². The molecule has 0 radical (unpaired) electrons. The van der Waals surface area contributed by atoms with Crippen LogP contribution in [-0.4, -0.2) is 17.2 Å². The van der Waals surface area contributed by atoms with E-state index >= 15 is 0 Å². The summed E-state index contributed by atoms with van der Waals surface area (Å²) in [6.07, 6.45) is 9.05. The van der Waals surface area contributed by atoms with Gasteiger partial charge in [0.25, 0.3) is 0 Å². The Morgan fingerprint density at radius 3 is 2.73 bits per heavy atom. The summed E-state index contributed by atoms with van der Waals surface area (Å²) in [4.78, 5) is 5.55. The Hall–Kier alpha value is -1.27. The molecule has 0 aromatic heterocycles. The molecule has 2 rings (SSSR count). The highest BCUT2D eigenvalue weighted by atomic mass is 16.7. The van der Waals surface area contributed by atoms with E-state index < -0.39 is 5.54 Å². The predicted molar refractivity (Wildman–Crippen MR) is 57.5 cm³/mol. The maximum absolute atomic E-state index is 9.37. The number of nitrogens with zero attached hydrogens (tertiary/aromatic N) is 2. The van der Waals surface area contributed by atoms with Gasteiger partial charge >= 0.3 is 0 Å². The first-order chi connectivity index (χ1) is 7.28. The van der Waals surface area contributed by atoms with E-state index in [1.807, 2.05) is 12.2 Å². The largest absolute Gasteiger partial charge is 0.268 e. The van der Waals surface area contributed by atoms with Gasteiger partial charge in [-0.3, -0.25) is 4.84 Å². The number of hydrogen-bond acceptors (Lipinski definition) is 3. The molecule has 0 unspecified atom stereocenters. The third-order valence-corrected chi connectivity index (χ3v) is 3.15. The maximum Gasteiger partial charge on any atom is 0.153 e. The van der Waals surface area contributed by atoms with Crippen LogP contribution >= 0.6 is 0 Å². The Balaban J connectivity index is 2.22. The maximum atomic E-state index is 9.37. The molecule has 3 nitrogen and oxygen atoms in total. The fraction of sp³-hybridized carbons (Fsp3) is 0.583. The van der Waals surface area contributed by atoms with E-state index in [0.29, 0.717) is 6.61 Å². The van der Waals surface area contributed by atoms with Gasteiger partial charge < -0.3 is 0 Å². The van der Waals surface area contributed by atoms with Crippen LogP contribution < -0.4 is 0 Å². The summed E-state index contributed by atoms with van der Waals surface area (Å²) in [5, 5.41) is 11.1. The monoisotopic (exact) mass is 204 g/mol.